The molecule has 0 saturated carbocycles. The molecule has 14 heteroatoms. The molecule has 4 aromatic rings. The van der Waals surface area contributed by atoms with Crippen LogP contribution in [0.25, 0.3) is 21.8 Å². The molecule has 0 radical (unpaired) electrons. The van der Waals surface area contributed by atoms with Gasteiger partial charge in [-0.15, -0.1) is 11.6 Å². The van der Waals surface area contributed by atoms with Gasteiger partial charge in [0, 0.05) is 55.8 Å². The first-order valence-electron chi connectivity index (χ1n) is 10.7. The molecule has 4 rings (SSSR count). The monoisotopic (exact) mass is 638 g/mol. The number of aromatic nitrogens is 2. The Labute approximate surface area is 238 Å². The molecule has 0 amide bonds. The fourth-order valence-electron chi connectivity index (χ4n) is 3.50. The van der Waals surface area contributed by atoms with Crippen LogP contribution in [0.5, 0.6) is 0 Å². The van der Waals surface area contributed by atoms with Crippen LogP contribution in [0.3, 0.4) is 0 Å². The number of aliphatic hydroxyl groups is 1. The van der Waals surface area contributed by atoms with Gasteiger partial charge in [-0.05, 0) is 50.2 Å². The van der Waals surface area contributed by atoms with Gasteiger partial charge < -0.3 is 5.11 Å². The van der Waals surface area contributed by atoms with Crippen LogP contribution >= 0.6 is 33.0 Å². The van der Waals surface area contributed by atoms with E-state index in [2.05, 4.69) is 31.3 Å². The lowest BCUT2D eigenvalue weighted by molar-refractivity contribution is 0.278. The lowest BCUT2D eigenvalue weighted by Crippen LogP contribution is -2.06. The molecule has 0 aliphatic carbocycles. The van der Waals surface area contributed by atoms with E-state index < -0.39 is 28.9 Å². The third-order valence-electron chi connectivity index (χ3n) is 5.04. The van der Waals surface area contributed by atoms with Crippen molar-refractivity contribution in [3.8, 4) is 0 Å². The normalized spacial score (nSPS) is 11.6. The van der Waals surface area contributed by atoms with Crippen molar-refractivity contribution in [2.75, 3.05) is 12.5 Å². The van der Waals surface area contributed by atoms with Crippen molar-refractivity contribution in [2.24, 2.45) is 0 Å². The zero-order chi connectivity index (χ0) is 28.8. The second-order valence-corrected chi connectivity index (χ2v) is 15.0. The first kappa shape index (κ1) is 32.4. The van der Waals surface area contributed by atoms with Crippen LogP contribution in [0.4, 0.5) is 0 Å². The highest BCUT2D eigenvalue weighted by Crippen LogP contribution is 2.23. The van der Waals surface area contributed by atoms with E-state index in [4.69, 9.17) is 15.8 Å². The van der Waals surface area contributed by atoms with E-state index in [1.165, 1.54) is 0 Å². The Hall–Kier alpha value is -1.86. The number of pyridine rings is 2. The number of aliphatic hydroxyl groups excluding tert-OH is 1. The standard InChI is InChI=1S/C12H12ClNO2S.C12H13NO3S.Cl2OS/c1-8-3-4-11-9(5-8)6-10(7-13)12(14-11)17(2,15)16;1-8-3-4-11-9(5-8)6-10(7-14)12(13-11)17(2,15)16;1-4(2)3/h3-6H,7H2,1-2H3;3-6,14H,7H2,1-2H3;. The Balaban J connectivity index is 0.000000234. The number of rotatable bonds is 4. The molecule has 0 spiro atoms. The number of hydrogen-bond donors (Lipinski definition) is 1. The maximum absolute atomic E-state index is 11.6. The average Bonchev–Trinajstić information content (AvgIpc) is 2.81. The summed E-state index contributed by atoms with van der Waals surface area (Å²) in [6.45, 7) is 3.59. The smallest absolute Gasteiger partial charge is 0.211 e. The largest absolute Gasteiger partial charge is 0.392 e. The van der Waals surface area contributed by atoms with Crippen LogP contribution in [-0.4, -0.2) is 48.6 Å². The third-order valence-corrected chi connectivity index (χ3v) is 7.44. The van der Waals surface area contributed by atoms with E-state index in [0.717, 1.165) is 34.4 Å². The lowest BCUT2D eigenvalue weighted by atomic mass is 10.1. The van der Waals surface area contributed by atoms with Crippen molar-refractivity contribution in [3.05, 3.63) is 70.8 Å². The van der Waals surface area contributed by atoms with E-state index in [1.807, 2.05) is 44.2 Å². The van der Waals surface area contributed by atoms with Crippen LogP contribution < -0.4 is 0 Å². The number of fused-ring (bicyclic) bond motifs is 2. The van der Waals surface area contributed by atoms with Gasteiger partial charge in [-0.2, -0.15) is 0 Å². The van der Waals surface area contributed by atoms with Gasteiger partial charge in [-0.25, -0.2) is 31.0 Å². The molecule has 0 fully saturated rings. The summed E-state index contributed by atoms with van der Waals surface area (Å²) in [6.07, 6.45) is 2.24. The van der Waals surface area contributed by atoms with Gasteiger partial charge in [-0.3, -0.25) is 0 Å². The molecule has 38 heavy (non-hydrogen) atoms. The predicted octanol–water partition coefficient (Wildman–Crippen LogP) is 5.17. The Morgan fingerprint density at radius 2 is 1.13 bits per heavy atom. The van der Waals surface area contributed by atoms with Gasteiger partial charge in [-0.1, -0.05) is 23.3 Å². The number of benzene rings is 2. The third kappa shape index (κ3) is 9.11. The first-order chi connectivity index (χ1) is 17.6. The fraction of sp³-hybridized carbons (Fsp3) is 0.250. The molecule has 0 unspecified atom stereocenters. The molecule has 2 aromatic heterocycles. The maximum atomic E-state index is 11.6. The number of halogens is 3. The minimum absolute atomic E-state index is 0.0450. The number of sulfone groups is 2. The number of alkyl halides is 1. The van der Waals surface area contributed by atoms with Gasteiger partial charge >= 0.3 is 0 Å². The van der Waals surface area contributed by atoms with Gasteiger partial charge in [0.25, 0.3) is 0 Å². The molecule has 2 aromatic carbocycles. The van der Waals surface area contributed by atoms with E-state index in [-0.39, 0.29) is 22.5 Å². The van der Waals surface area contributed by atoms with Gasteiger partial charge in [0.05, 0.1) is 23.5 Å². The molecule has 0 atom stereocenters. The van der Waals surface area contributed by atoms with E-state index in [1.54, 1.807) is 18.2 Å². The summed E-state index contributed by atoms with van der Waals surface area (Å²) < 4.78 is 55.4. The highest BCUT2D eigenvalue weighted by Gasteiger charge is 2.17. The van der Waals surface area contributed by atoms with Crippen LogP contribution in [-0.2, 0) is 41.4 Å². The zero-order valence-electron chi connectivity index (χ0n) is 20.8. The minimum Gasteiger partial charge on any atom is -0.392 e. The average molecular weight is 640 g/mol. The van der Waals surface area contributed by atoms with Crippen LogP contribution in [0.15, 0.2) is 58.6 Å². The quantitative estimate of drug-likeness (QED) is 0.239. The highest BCUT2D eigenvalue weighted by molar-refractivity contribution is 8.26. The molecule has 2 heterocycles. The summed E-state index contributed by atoms with van der Waals surface area (Å²) >= 11 is 5.77. The SMILES string of the molecule is Cc1ccc2nc(S(C)(=O)=O)c(CCl)cc2c1.Cc1ccc2nc(S(C)(=O)=O)c(CO)cc2c1.O=S(Cl)Cl. The molecule has 0 aliphatic heterocycles. The van der Waals surface area contributed by atoms with Crippen molar-refractivity contribution in [3.63, 3.8) is 0 Å². The van der Waals surface area contributed by atoms with Crippen molar-refractivity contribution >= 4 is 83.7 Å². The molecule has 206 valence electrons. The highest BCUT2D eigenvalue weighted by atomic mass is 36.0. The van der Waals surface area contributed by atoms with Crippen LogP contribution in [0.2, 0.25) is 0 Å². The summed E-state index contributed by atoms with van der Waals surface area (Å²) in [5, 5.41) is 11.0. The van der Waals surface area contributed by atoms with E-state index in [0.29, 0.717) is 22.2 Å². The molecule has 0 aliphatic rings. The molecule has 1 N–H and O–H groups in total. The number of aryl methyl sites for hydroxylation is 2. The Kier molecular flexibility index (Phi) is 11.5. The maximum Gasteiger partial charge on any atom is 0.211 e. The summed E-state index contributed by atoms with van der Waals surface area (Å²) in [4.78, 5) is 8.30. The van der Waals surface area contributed by atoms with Crippen molar-refractivity contribution in [1.82, 2.24) is 9.97 Å². The second kappa shape index (κ2) is 13.5. The number of nitrogens with zero attached hydrogens (tertiary/aromatic N) is 2. The first-order valence-corrected chi connectivity index (χ1v) is 17.8. The van der Waals surface area contributed by atoms with Gasteiger partial charge in [0.2, 0.25) is 9.23 Å². The van der Waals surface area contributed by atoms with E-state index in [9.17, 15) is 21.9 Å². The van der Waals surface area contributed by atoms with Crippen molar-refractivity contribution < 1.29 is 26.2 Å². The van der Waals surface area contributed by atoms with Crippen LogP contribution in [0.1, 0.15) is 22.3 Å². The predicted molar refractivity (Wildman–Crippen MR) is 155 cm³/mol. The van der Waals surface area contributed by atoms with Gasteiger partial charge in [0.1, 0.15) is 0 Å². The summed E-state index contributed by atoms with van der Waals surface area (Å²) in [7, 11) is 0.597. The summed E-state index contributed by atoms with van der Waals surface area (Å²) in [6, 6.07) is 14.7. The van der Waals surface area contributed by atoms with Crippen molar-refractivity contribution in [2.45, 2.75) is 36.4 Å². The van der Waals surface area contributed by atoms with E-state index >= 15 is 0 Å². The zero-order valence-corrected chi connectivity index (χ0v) is 25.5. The van der Waals surface area contributed by atoms with Gasteiger partial charge in [0.15, 0.2) is 29.7 Å². The number of hydrogen-bond acceptors (Lipinski definition) is 8. The second-order valence-electron chi connectivity index (χ2n) is 8.32. The Morgan fingerprint density at radius 3 is 1.47 bits per heavy atom. The molecular weight excluding hydrogens is 615 g/mol. The fourth-order valence-corrected chi connectivity index (χ4v) is 5.51. The topological polar surface area (TPSA) is 131 Å². The minimum atomic E-state index is -3.42. The Morgan fingerprint density at radius 1 is 0.763 bits per heavy atom. The summed E-state index contributed by atoms with van der Waals surface area (Å²) in [5.41, 5.74) is 4.35. The molecule has 0 bridgehead atoms. The molecule has 8 nitrogen and oxygen atoms in total. The molecule has 0 saturated heterocycles. The summed E-state index contributed by atoms with van der Waals surface area (Å²) in [5.74, 6) is 0.138. The van der Waals surface area contributed by atoms with Crippen LogP contribution in [0, 0.1) is 13.8 Å². The Bertz CT molecular complexity index is 1590. The lowest BCUT2D eigenvalue weighted by Gasteiger charge is -2.07. The molecular formula is C24H25Cl3N2O6S3. The van der Waals surface area contributed by atoms with Crippen molar-refractivity contribution in [1.29, 1.82) is 0 Å².